The Bertz CT molecular complexity index is 1090. The van der Waals surface area contributed by atoms with Gasteiger partial charge in [0.1, 0.15) is 6.04 Å². The summed E-state index contributed by atoms with van der Waals surface area (Å²) in [7, 11) is 0. The van der Waals surface area contributed by atoms with Gasteiger partial charge in [0.05, 0.1) is 12.2 Å². The normalized spacial score (nSPS) is 17.6. The lowest BCUT2D eigenvalue weighted by Crippen LogP contribution is -2.54. The van der Waals surface area contributed by atoms with Gasteiger partial charge >= 0.3 is 18.0 Å². The molecular weight excluding hydrogens is 416 g/mol. The summed E-state index contributed by atoms with van der Waals surface area (Å²) in [5.74, 6) is -1.86. The molecule has 2 unspecified atom stereocenters. The first-order chi connectivity index (χ1) is 15.4. The number of amides is 5. The molecule has 2 bridgehead atoms. The standard InChI is InChI=1S/C22H20N4O6/c1-2-8-18(20(28)29)32-26-17-13-24(22(26)31)25(16-12-7-6-11-15(16)17)21(30)23-19(27)14-9-4-3-5-10-14/h2-7,9-12,17-18H,1,8,13H2,(H,28,29)(H,23,27,30). The van der Waals surface area contributed by atoms with Crippen LogP contribution in [-0.4, -0.2) is 51.8 Å². The van der Waals surface area contributed by atoms with E-state index in [1.807, 2.05) is 0 Å². The number of nitrogens with zero attached hydrogens (tertiary/aromatic N) is 3. The van der Waals surface area contributed by atoms with Crippen LogP contribution in [0.15, 0.2) is 67.3 Å². The molecule has 0 saturated carbocycles. The molecule has 0 radical (unpaired) electrons. The number of carboxylic acids is 1. The van der Waals surface area contributed by atoms with Crippen LogP contribution in [0.3, 0.4) is 0 Å². The van der Waals surface area contributed by atoms with Gasteiger partial charge in [-0.1, -0.05) is 42.5 Å². The molecule has 2 heterocycles. The molecule has 2 N–H and O–H groups in total. The Labute approximate surface area is 183 Å². The molecule has 2 aliphatic heterocycles. The van der Waals surface area contributed by atoms with Crippen LogP contribution in [0.5, 0.6) is 0 Å². The minimum Gasteiger partial charge on any atom is -0.479 e. The summed E-state index contributed by atoms with van der Waals surface area (Å²) < 4.78 is 0. The van der Waals surface area contributed by atoms with E-state index in [-0.39, 0.29) is 18.5 Å². The van der Waals surface area contributed by atoms with Crippen molar-refractivity contribution in [2.45, 2.75) is 18.6 Å². The number of carboxylic acid groups (broad SMARTS) is 1. The highest BCUT2D eigenvalue weighted by Crippen LogP contribution is 2.42. The van der Waals surface area contributed by atoms with E-state index in [4.69, 9.17) is 4.84 Å². The summed E-state index contributed by atoms with van der Waals surface area (Å²) in [6, 6.07) is 12.8. The maximum atomic E-state index is 13.1. The predicted octanol–water partition coefficient (Wildman–Crippen LogP) is 2.71. The minimum atomic E-state index is -1.31. The van der Waals surface area contributed by atoms with E-state index in [0.29, 0.717) is 11.3 Å². The molecule has 10 nitrogen and oxygen atoms in total. The zero-order valence-electron chi connectivity index (χ0n) is 16.9. The first-order valence-corrected chi connectivity index (χ1v) is 9.83. The molecule has 0 aliphatic carbocycles. The monoisotopic (exact) mass is 436 g/mol. The van der Waals surface area contributed by atoms with Crippen molar-refractivity contribution < 1.29 is 29.1 Å². The smallest absolute Gasteiger partial charge is 0.363 e. The Morgan fingerprint density at radius 3 is 2.53 bits per heavy atom. The number of hydrogen-bond donors (Lipinski definition) is 2. The SMILES string of the molecule is C=CCC(ON1C(=O)N2CC1c1ccccc1N2C(=O)NC(=O)c1ccccc1)C(=O)O. The number of benzene rings is 2. The highest BCUT2D eigenvalue weighted by Gasteiger charge is 2.51. The van der Waals surface area contributed by atoms with Crippen LogP contribution < -0.4 is 10.3 Å². The van der Waals surface area contributed by atoms with Crippen molar-refractivity contribution in [3.05, 3.63) is 78.4 Å². The number of hydroxylamine groups is 2. The summed E-state index contributed by atoms with van der Waals surface area (Å²) in [6.07, 6.45) is 0.0591. The van der Waals surface area contributed by atoms with Gasteiger partial charge < -0.3 is 5.11 Å². The third-order valence-electron chi connectivity index (χ3n) is 5.15. The number of anilines is 1. The molecule has 2 atom stereocenters. The van der Waals surface area contributed by atoms with Crippen LogP contribution in [0.25, 0.3) is 0 Å². The van der Waals surface area contributed by atoms with Crippen LogP contribution >= 0.6 is 0 Å². The zero-order valence-corrected chi connectivity index (χ0v) is 16.9. The molecule has 5 amide bonds. The average molecular weight is 436 g/mol. The lowest BCUT2D eigenvalue weighted by molar-refractivity contribution is -0.193. The highest BCUT2D eigenvalue weighted by molar-refractivity contribution is 6.10. The van der Waals surface area contributed by atoms with Crippen LogP contribution in [-0.2, 0) is 9.63 Å². The summed E-state index contributed by atoms with van der Waals surface area (Å²) in [6.45, 7) is 3.56. The van der Waals surface area contributed by atoms with Gasteiger partial charge in [0.15, 0.2) is 6.10 Å². The highest BCUT2D eigenvalue weighted by atomic mass is 16.7. The third-order valence-corrected chi connectivity index (χ3v) is 5.15. The molecule has 164 valence electrons. The van der Waals surface area contributed by atoms with Crippen molar-refractivity contribution in [2.24, 2.45) is 0 Å². The largest absolute Gasteiger partial charge is 0.479 e. The summed E-state index contributed by atoms with van der Waals surface area (Å²) in [5.41, 5.74) is 1.26. The average Bonchev–Trinajstić information content (AvgIpc) is 3.06. The quantitative estimate of drug-likeness (QED) is 0.672. The lowest BCUT2D eigenvalue weighted by atomic mass is 10.0. The van der Waals surface area contributed by atoms with Gasteiger partial charge in [-0.3, -0.25) is 14.9 Å². The minimum absolute atomic E-state index is 0.0107. The van der Waals surface area contributed by atoms with Gasteiger partial charge in [0, 0.05) is 17.5 Å². The van der Waals surface area contributed by atoms with Crippen molar-refractivity contribution in [1.29, 1.82) is 0 Å². The van der Waals surface area contributed by atoms with Gasteiger partial charge in [-0.2, -0.15) is 10.1 Å². The topological polar surface area (TPSA) is 119 Å². The number of rotatable bonds is 6. The fourth-order valence-corrected chi connectivity index (χ4v) is 3.67. The summed E-state index contributed by atoms with van der Waals surface area (Å²) >= 11 is 0. The summed E-state index contributed by atoms with van der Waals surface area (Å²) in [5, 5.41) is 14.8. The molecule has 32 heavy (non-hydrogen) atoms. The fourth-order valence-electron chi connectivity index (χ4n) is 3.67. The van der Waals surface area contributed by atoms with E-state index in [9.17, 15) is 24.3 Å². The third kappa shape index (κ3) is 3.67. The number of carbonyl (C=O) groups excluding carboxylic acids is 3. The van der Waals surface area contributed by atoms with Gasteiger partial charge in [-0.05, 0) is 18.2 Å². The van der Waals surface area contributed by atoms with Gasteiger partial charge in [0.25, 0.3) is 5.91 Å². The number of hydrogen-bond acceptors (Lipinski definition) is 5. The molecule has 1 fully saturated rings. The molecule has 2 aliphatic rings. The van der Waals surface area contributed by atoms with Gasteiger partial charge in [-0.15, -0.1) is 6.58 Å². The van der Waals surface area contributed by atoms with Gasteiger partial charge in [0.2, 0.25) is 0 Å². The molecule has 1 saturated heterocycles. The Kier molecular flexibility index (Phi) is 5.61. The lowest BCUT2D eigenvalue weighted by Gasteiger charge is -2.34. The first kappa shape index (κ1) is 21.1. The van der Waals surface area contributed by atoms with Crippen molar-refractivity contribution in [1.82, 2.24) is 15.4 Å². The Balaban J connectivity index is 1.63. The Morgan fingerprint density at radius 2 is 1.84 bits per heavy atom. The second-order valence-electron chi connectivity index (χ2n) is 7.16. The van der Waals surface area contributed by atoms with E-state index in [1.54, 1.807) is 54.6 Å². The molecule has 0 spiro atoms. The molecule has 2 aromatic carbocycles. The number of urea groups is 2. The molecule has 2 aromatic rings. The van der Waals surface area contributed by atoms with Crippen LogP contribution in [0.4, 0.5) is 15.3 Å². The van der Waals surface area contributed by atoms with Crippen molar-refractivity contribution in [2.75, 3.05) is 11.6 Å². The van der Waals surface area contributed by atoms with Crippen LogP contribution in [0, 0.1) is 0 Å². The van der Waals surface area contributed by atoms with E-state index in [0.717, 1.165) is 15.1 Å². The number of hydrazine groups is 1. The van der Waals surface area contributed by atoms with Gasteiger partial charge in [-0.25, -0.2) is 19.4 Å². The number of nitrogens with one attached hydrogen (secondary N) is 1. The second-order valence-corrected chi connectivity index (χ2v) is 7.16. The number of aliphatic carboxylic acids is 1. The molecular formula is C22H20N4O6. The second kappa shape index (κ2) is 8.52. The number of carbonyl (C=O) groups is 4. The van der Waals surface area contributed by atoms with E-state index >= 15 is 0 Å². The predicted molar refractivity (Wildman–Crippen MR) is 112 cm³/mol. The van der Waals surface area contributed by atoms with E-state index in [1.165, 1.54) is 6.08 Å². The maximum Gasteiger partial charge on any atom is 0.363 e. The van der Waals surface area contributed by atoms with Crippen molar-refractivity contribution >= 4 is 29.6 Å². The molecule has 4 rings (SSSR count). The fraction of sp³-hybridized carbons (Fsp3) is 0.182. The van der Waals surface area contributed by atoms with Crippen LogP contribution in [0.2, 0.25) is 0 Å². The number of para-hydroxylation sites is 1. The molecule has 10 heteroatoms. The van der Waals surface area contributed by atoms with Crippen LogP contribution in [0.1, 0.15) is 28.4 Å². The van der Waals surface area contributed by atoms with E-state index < -0.39 is 36.1 Å². The van der Waals surface area contributed by atoms with Crippen molar-refractivity contribution in [3.63, 3.8) is 0 Å². The molecule has 0 aromatic heterocycles. The van der Waals surface area contributed by atoms with E-state index in [2.05, 4.69) is 11.9 Å². The summed E-state index contributed by atoms with van der Waals surface area (Å²) in [4.78, 5) is 55.7. The first-order valence-electron chi connectivity index (χ1n) is 9.83. The Hall–Kier alpha value is -4.18. The van der Waals surface area contributed by atoms with Crippen molar-refractivity contribution in [3.8, 4) is 0 Å². The zero-order chi connectivity index (χ0) is 22.8. The number of fused-ring (bicyclic) bond motifs is 4. The maximum absolute atomic E-state index is 13.1. The number of imide groups is 1. The Morgan fingerprint density at radius 1 is 1.16 bits per heavy atom.